The molecular weight excluding hydrogens is 308 g/mol. The zero-order valence-corrected chi connectivity index (χ0v) is 12.2. The van der Waals surface area contributed by atoms with Gasteiger partial charge < -0.3 is 15.2 Å². The summed E-state index contributed by atoms with van der Waals surface area (Å²) >= 11 is 3.35. The Hall–Kier alpha value is -1.75. The molecule has 19 heavy (non-hydrogen) atoms. The number of rotatable bonds is 5. The number of hydrogen-bond donors (Lipinski definition) is 1. The van der Waals surface area contributed by atoms with E-state index in [0.29, 0.717) is 29.5 Å². The van der Waals surface area contributed by atoms with Crippen LogP contribution in [0.5, 0.6) is 17.2 Å². The van der Waals surface area contributed by atoms with E-state index in [1.165, 1.54) is 0 Å². The van der Waals surface area contributed by atoms with Crippen molar-refractivity contribution in [2.75, 3.05) is 12.3 Å². The Morgan fingerprint density at radius 1 is 1.11 bits per heavy atom. The fourth-order valence-corrected chi connectivity index (χ4v) is 1.88. The highest BCUT2D eigenvalue weighted by Crippen LogP contribution is 2.29. The van der Waals surface area contributed by atoms with Gasteiger partial charge in [0.2, 0.25) is 0 Å². The number of nitrogen functional groups attached to an aromatic ring is 1. The van der Waals surface area contributed by atoms with Crippen LogP contribution in [0.2, 0.25) is 0 Å². The molecule has 0 amide bonds. The van der Waals surface area contributed by atoms with Crippen LogP contribution in [0.25, 0.3) is 0 Å². The Kier molecular flexibility index (Phi) is 4.63. The van der Waals surface area contributed by atoms with E-state index in [-0.39, 0.29) is 0 Å². The van der Waals surface area contributed by atoms with Crippen molar-refractivity contribution in [1.82, 2.24) is 4.98 Å². The molecule has 2 N–H and O–H groups in total. The van der Waals surface area contributed by atoms with Crippen LogP contribution in [-0.2, 0) is 0 Å². The smallest absolute Gasteiger partial charge is 0.146 e. The second-order valence-corrected chi connectivity index (χ2v) is 4.94. The molecule has 2 rings (SSSR count). The molecule has 0 atom stereocenters. The molecule has 0 radical (unpaired) electrons. The standard InChI is InChI=1S/C14H15BrN2O2/c1-2-3-18-12-5-11(16)6-13(7-12)19-14-4-10(15)8-17-9-14/h4-9H,2-3,16H2,1H3. The Balaban J connectivity index is 2.17. The second kappa shape index (κ2) is 6.43. The van der Waals surface area contributed by atoms with Crippen molar-refractivity contribution in [2.24, 2.45) is 0 Å². The zero-order valence-electron chi connectivity index (χ0n) is 10.6. The van der Waals surface area contributed by atoms with Gasteiger partial charge in [0.1, 0.15) is 17.2 Å². The van der Waals surface area contributed by atoms with E-state index in [0.717, 1.165) is 10.9 Å². The third-order valence-corrected chi connectivity index (χ3v) is 2.72. The monoisotopic (exact) mass is 322 g/mol. The molecule has 1 heterocycles. The summed E-state index contributed by atoms with van der Waals surface area (Å²) in [5.41, 5.74) is 6.43. The van der Waals surface area contributed by atoms with Gasteiger partial charge in [-0.3, -0.25) is 4.98 Å². The highest BCUT2D eigenvalue weighted by Gasteiger charge is 2.03. The maximum Gasteiger partial charge on any atom is 0.146 e. The maximum atomic E-state index is 5.83. The first kappa shape index (κ1) is 13.7. The van der Waals surface area contributed by atoms with Gasteiger partial charge in [0.15, 0.2) is 0 Å². The highest BCUT2D eigenvalue weighted by atomic mass is 79.9. The molecule has 100 valence electrons. The Bertz CT molecular complexity index is 561. The topological polar surface area (TPSA) is 57.4 Å². The van der Waals surface area contributed by atoms with Crippen molar-refractivity contribution in [2.45, 2.75) is 13.3 Å². The number of nitrogens with two attached hydrogens (primary N) is 1. The Labute approximate surface area is 120 Å². The second-order valence-electron chi connectivity index (χ2n) is 4.03. The van der Waals surface area contributed by atoms with Gasteiger partial charge in [-0.2, -0.15) is 0 Å². The number of aromatic nitrogens is 1. The number of benzene rings is 1. The lowest BCUT2D eigenvalue weighted by Crippen LogP contribution is -1.97. The summed E-state index contributed by atoms with van der Waals surface area (Å²) < 4.78 is 12.1. The third kappa shape index (κ3) is 4.13. The molecule has 1 aromatic carbocycles. The third-order valence-electron chi connectivity index (χ3n) is 2.29. The maximum absolute atomic E-state index is 5.83. The van der Waals surface area contributed by atoms with E-state index in [9.17, 15) is 0 Å². The normalized spacial score (nSPS) is 10.2. The van der Waals surface area contributed by atoms with E-state index >= 15 is 0 Å². The molecule has 0 fully saturated rings. The molecule has 5 heteroatoms. The number of ether oxygens (including phenoxy) is 2. The average Bonchev–Trinajstić information content (AvgIpc) is 2.35. The van der Waals surface area contributed by atoms with E-state index in [1.54, 1.807) is 24.5 Å². The van der Waals surface area contributed by atoms with E-state index in [4.69, 9.17) is 15.2 Å². The molecule has 0 saturated carbocycles. The summed E-state index contributed by atoms with van der Waals surface area (Å²) in [7, 11) is 0. The lowest BCUT2D eigenvalue weighted by atomic mass is 10.3. The molecule has 0 aliphatic heterocycles. The Morgan fingerprint density at radius 2 is 1.89 bits per heavy atom. The predicted octanol–water partition coefficient (Wildman–Crippen LogP) is 4.01. The van der Waals surface area contributed by atoms with Crippen LogP contribution in [0.3, 0.4) is 0 Å². The highest BCUT2D eigenvalue weighted by molar-refractivity contribution is 9.10. The van der Waals surface area contributed by atoms with Crippen LogP contribution < -0.4 is 15.2 Å². The molecule has 0 bridgehead atoms. The van der Waals surface area contributed by atoms with Crippen molar-refractivity contribution < 1.29 is 9.47 Å². The summed E-state index contributed by atoms with van der Waals surface area (Å²) in [5, 5.41) is 0. The van der Waals surface area contributed by atoms with Gasteiger partial charge in [0, 0.05) is 34.6 Å². The minimum absolute atomic E-state index is 0.603. The largest absolute Gasteiger partial charge is 0.493 e. The first-order valence-electron chi connectivity index (χ1n) is 5.99. The van der Waals surface area contributed by atoms with Gasteiger partial charge in [0.25, 0.3) is 0 Å². The van der Waals surface area contributed by atoms with Crippen LogP contribution in [-0.4, -0.2) is 11.6 Å². The zero-order chi connectivity index (χ0) is 13.7. The van der Waals surface area contributed by atoms with Gasteiger partial charge in [-0.05, 0) is 28.4 Å². The van der Waals surface area contributed by atoms with Crippen LogP contribution in [0.15, 0.2) is 41.1 Å². The quantitative estimate of drug-likeness (QED) is 0.845. The van der Waals surface area contributed by atoms with Gasteiger partial charge in [-0.1, -0.05) is 6.92 Å². The summed E-state index contributed by atoms with van der Waals surface area (Å²) in [6, 6.07) is 7.18. The predicted molar refractivity (Wildman–Crippen MR) is 78.7 cm³/mol. The van der Waals surface area contributed by atoms with Crippen molar-refractivity contribution >= 4 is 21.6 Å². The lowest BCUT2D eigenvalue weighted by molar-refractivity contribution is 0.316. The molecule has 0 aliphatic rings. The molecule has 0 aliphatic carbocycles. The average molecular weight is 323 g/mol. The molecule has 0 unspecified atom stereocenters. The number of anilines is 1. The van der Waals surface area contributed by atoms with E-state index in [2.05, 4.69) is 27.8 Å². The number of hydrogen-bond acceptors (Lipinski definition) is 4. The SMILES string of the molecule is CCCOc1cc(N)cc(Oc2cncc(Br)c2)c1. The van der Waals surface area contributed by atoms with E-state index in [1.807, 2.05) is 12.1 Å². The summed E-state index contributed by atoms with van der Waals surface area (Å²) in [4.78, 5) is 4.04. The van der Waals surface area contributed by atoms with Gasteiger partial charge in [0.05, 0.1) is 12.8 Å². The van der Waals surface area contributed by atoms with Crippen molar-refractivity contribution in [3.63, 3.8) is 0 Å². The fraction of sp³-hybridized carbons (Fsp3) is 0.214. The minimum atomic E-state index is 0.603. The summed E-state index contributed by atoms with van der Waals surface area (Å²) in [5.74, 6) is 1.98. The first-order chi connectivity index (χ1) is 9.17. The molecular formula is C14H15BrN2O2. The molecule has 2 aromatic rings. The molecule has 1 aromatic heterocycles. The van der Waals surface area contributed by atoms with Gasteiger partial charge >= 0.3 is 0 Å². The van der Waals surface area contributed by atoms with Crippen molar-refractivity contribution in [1.29, 1.82) is 0 Å². The van der Waals surface area contributed by atoms with Crippen LogP contribution >= 0.6 is 15.9 Å². The molecule has 0 spiro atoms. The van der Waals surface area contributed by atoms with E-state index < -0.39 is 0 Å². The number of pyridine rings is 1. The lowest BCUT2D eigenvalue weighted by Gasteiger charge is -2.10. The van der Waals surface area contributed by atoms with Gasteiger partial charge in [-0.25, -0.2) is 0 Å². The summed E-state index contributed by atoms with van der Waals surface area (Å²) in [6.45, 7) is 2.71. The minimum Gasteiger partial charge on any atom is -0.493 e. The van der Waals surface area contributed by atoms with Crippen LogP contribution in [0.4, 0.5) is 5.69 Å². The first-order valence-corrected chi connectivity index (χ1v) is 6.78. The molecule has 4 nitrogen and oxygen atoms in total. The Morgan fingerprint density at radius 3 is 2.63 bits per heavy atom. The van der Waals surface area contributed by atoms with Crippen LogP contribution in [0, 0.1) is 0 Å². The van der Waals surface area contributed by atoms with Gasteiger partial charge in [-0.15, -0.1) is 0 Å². The number of nitrogens with zero attached hydrogens (tertiary/aromatic N) is 1. The van der Waals surface area contributed by atoms with Crippen molar-refractivity contribution in [3.8, 4) is 17.2 Å². The van der Waals surface area contributed by atoms with Crippen molar-refractivity contribution in [3.05, 3.63) is 41.1 Å². The fourth-order valence-electron chi connectivity index (χ4n) is 1.54. The van der Waals surface area contributed by atoms with Crippen LogP contribution in [0.1, 0.15) is 13.3 Å². The molecule has 0 saturated heterocycles. The summed E-state index contributed by atoms with van der Waals surface area (Å²) in [6.07, 6.45) is 4.28. The number of halogens is 1.